The van der Waals surface area contributed by atoms with Gasteiger partial charge in [-0.25, -0.2) is 19.0 Å². The number of Topliss-reactive ketones (excluding diaryl/α,β-unsaturated/α-hetero) is 1. The Morgan fingerprint density at radius 1 is 1.10 bits per heavy atom. The molecule has 332 valence electrons. The van der Waals surface area contributed by atoms with Gasteiger partial charge in [0.25, 0.3) is 5.67 Å². The first kappa shape index (κ1) is 46.9. The lowest BCUT2D eigenvalue weighted by molar-refractivity contribution is -0.295. The molecule has 0 radical (unpaired) electrons. The molecule has 1 amide bonds. The molecule has 3 saturated heterocycles. The van der Waals surface area contributed by atoms with Crippen LogP contribution in [0.3, 0.4) is 0 Å². The number of thiazole rings is 1. The van der Waals surface area contributed by atoms with Crippen molar-refractivity contribution in [2.45, 2.75) is 160 Å². The van der Waals surface area contributed by atoms with Gasteiger partial charge in [0.1, 0.15) is 22.9 Å². The molecular formula is C41H66FN7O9S. The van der Waals surface area contributed by atoms with Crippen LogP contribution in [0.1, 0.15) is 87.5 Å². The zero-order valence-electron chi connectivity index (χ0n) is 36.8. The second kappa shape index (κ2) is 18.9. The fourth-order valence-electron chi connectivity index (χ4n) is 9.44. The summed E-state index contributed by atoms with van der Waals surface area (Å²) in [6, 6.07) is -1.27. The van der Waals surface area contributed by atoms with Crippen molar-refractivity contribution in [1.29, 1.82) is 0 Å². The topological polar surface area (TPSA) is 171 Å². The fourth-order valence-corrected chi connectivity index (χ4v) is 10.0. The number of amides is 1. The van der Waals surface area contributed by atoms with Crippen molar-refractivity contribution in [3.63, 3.8) is 0 Å². The summed E-state index contributed by atoms with van der Waals surface area (Å²) in [5.41, 5.74) is -5.06. The van der Waals surface area contributed by atoms with Gasteiger partial charge in [-0.1, -0.05) is 26.0 Å². The maximum Gasteiger partial charge on any atom is 0.410 e. The molecule has 16 nitrogen and oxygen atoms in total. The number of fused-ring (bicyclic) bond motifs is 1. The number of esters is 1. The van der Waals surface area contributed by atoms with Crippen LogP contribution in [0.4, 0.5) is 9.18 Å². The number of hydrogen-bond acceptors (Lipinski definition) is 15. The molecule has 2 aromatic rings. The molecule has 3 aliphatic rings. The maximum atomic E-state index is 17.0. The van der Waals surface area contributed by atoms with Crippen LogP contribution in [-0.2, 0) is 39.8 Å². The highest BCUT2D eigenvalue weighted by Gasteiger charge is 2.61. The van der Waals surface area contributed by atoms with Gasteiger partial charge in [-0.3, -0.25) is 14.4 Å². The molecule has 5 rings (SSSR count). The number of nitrogens with zero attached hydrogens (tertiary/aromatic N) is 7. The van der Waals surface area contributed by atoms with Gasteiger partial charge in [0.05, 0.1) is 30.0 Å². The summed E-state index contributed by atoms with van der Waals surface area (Å²) >= 11 is 1.48. The minimum atomic E-state index is -3.13. The van der Waals surface area contributed by atoms with E-state index >= 15 is 4.39 Å². The Labute approximate surface area is 352 Å². The predicted octanol–water partition coefficient (Wildman–Crippen LogP) is 4.59. The number of cyclic esters (lactones) is 1. The summed E-state index contributed by atoms with van der Waals surface area (Å²) in [4.78, 5) is 52.2. The molecule has 1 N–H and O–H groups in total. The van der Waals surface area contributed by atoms with Crippen molar-refractivity contribution in [3.05, 3.63) is 17.8 Å². The van der Waals surface area contributed by atoms with Gasteiger partial charge in [-0.15, -0.1) is 16.4 Å². The van der Waals surface area contributed by atoms with Gasteiger partial charge >= 0.3 is 12.1 Å². The third-order valence-electron chi connectivity index (χ3n) is 12.8. The van der Waals surface area contributed by atoms with Crippen LogP contribution in [0.25, 0.3) is 10.7 Å². The van der Waals surface area contributed by atoms with Gasteiger partial charge in [0.15, 0.2) is 17.7 Å². The van der Waals surface area contributed by atoms with Crippen molar-refractivity contribution in [2.24, 2.45) is 11.8 Å². The van der Waals surface area contributed by atoms with E-state index in [1.807, 2.05) is 51.5 Å². The van der Waals surface area contributed by atoms with E-state index < -0.39 is 71.3 Å². The van der Waals surface area contributed by atoms with Crippen molar-refractivity contribution < 1.29 is 47.6 Å². The number of unbranched alkanes of at least 4 members (excludes halogenated alkanes) is 1. The first-order valence-corrected chi connectivity index (χ1v) is 21.7. The number of rotatable bonds is 11. The van der Waals surface area contributed by atoms with Crippen molar-refractivity contribution in [2.75, 3.05) is 41.3 Å². The zero-order chi connectivity index (χ0) is 43.6. The number of aryl methyl sites for hydroxylation is 1. The van der Waals surface area contributed by atoms with E-state index in [0.29, 0.717) is 51.0 Å². The van der Waals surface area contributed by atoms with Crippen LogP contribution in [-0.4, -0.2) is 165 Å². The Bertz CT molecular complexity index is 1730. The van der Waals surface area contributed by atoms with E-state index in [4.69, 9.17) is 23.7 Å². The zero-order valence-corrected chi connectivity index (χ0v) is 37.6. The molecule has 18 heteroatoms. The number of methoxy groups -OCH3 is 1. The summed E-state index contributed by atoms with van der Waals surface area (Å²) in [6.07, 6.45) is 0.557. The first-order chi connectivity index (χ1) is 27.7. The number of carbonyl (C=O) groups is 3. The third kappa shape index (κ3) is 9.84. The van der Waals surface area contributed by atoms with Crippen LogP contribution in [0.15, 0.2) is 17.8 Å². The van der Waals surface area contributed by atoms with Gasteiger partial charge < -0.3 is 38.6 Å². The maximum absolute atomic E-state index is 17.0. The molecule has 3 aliphatic heterocycles. The number of aromatic nitrogens is 4. The molecule has 0 aliphatic carbocycles. The van der Waals surface area contributed by atoms with Gasteiger partial charge in [-0.05, 0) is 93.8 Å². The quantitative estimate of drug-likeness (QED) is 0.189. The molecule has 13 atom stereocenters. The van der Waals surface area contributed by atoms with E-state index in [-0.39, 0.29) is 30.5 Å². The van der Waals surface area contributed by atoms with Crippen LogP contribution in [0.5, 0.6) is 0 Å². The van der Waals surface area contributed by atoms with Crippen LogP contribution < -0.4 is 0 Å². The minimum Gasteiger partial charge on any atom is -0.455 e. The largest absolute Gasteiger partial charge is 0.455 e. The summed E-state index contributed by atoms with van der Waals surface area (Å²) in [6.45, 7) is 15.1. The lowest BCUT2D eigenvalue weighted by atomic mass is 9.77. The summed E-state index contributed by atoms with van der Waals surface area (Å²) in [7, 11) is 7.19. The highest BCUT2D eigenvalue weighted by Crippen LogP contribution is 2.42. The number of likely N-dealkylation sites (N-methyl/N-ethyl adjacent to an activating group) is 2. The smallest absolute Gasteiger partial charge is 0.410 e. The van der Waals surface area contributed by atoms with E-state index in [0.717, 1.165) is 11.9 Å². The van der Waals surface area contributed by atoms with E-state index in [1.165, 1.54) is 25.4 Å². The SMILES string of the molecule is CC[C@H]1OC(=O)C(C)(F)C(=O)[C@@H](C)[C@@H](O[C@@H]2O[C@H](C)CC(N(C)C)C2O)[C@](C)(OC)C[C@@H](C)CN(C)[C@H](C)[C@H]2N(CCCCn3cc(-c4nccs4)nn3)C(=O)O[C@]12C. The number of aliphatic hydroxyl groups excluding tert-OH is 1. The molecule has 0 bridgehead atoms. The Morgan fingerprint density at radius 2 is 1.80 bits per heavy atom. The molecule has 59 heavy (non-hydrogen) atoms. The molecular weight excluding hydrogens is 786 g/mol. The number of alkyl halides is 1. The molecule has 5 heterocycles. The Hall–Kier alpha value is -3.13. The van der Waals surface area contributed by atoms with Crippen LogP contribution >= 0.6 is 11.3 Å². The third-order valence-corrected chi connectivity index (χ3v) is 13.6. The first-order valence-electron chi connectivity index (χ1n) is 20.8. The minimum absolute atomic E-state index is 0.0946. The molecule has 2 aromatic heterocycles. The van der Waals surface area contributed by atoms with Gasteiger partial charge in [-0.2, -0.15) is 0 Å². The number of halogens is 1. The number of aliphatic hydroxyl groups is 1. The van der Waals surface area contributed by atoms with Crippen molar-refractivity contribution >= 4 is 29.2 Å². The van der Waals surface area contributed by atoms with Crippen LogP contribution in [0, 0.1) is 11.8 Å². The molecule has 0 saturated carbocycles. The number of carbonyl (C=O) groups excluding carboxylic acids is 3. The second-order valence-electron chi connectivity index (χ2n) is 17.7. The molecule has 3 fully saturated rings. The number of ketones is 1. The lowest BCUT2D eigenvalue weighted by Gasteiger charge is -2.47. The van der Waals surface area contributed by atoms with Crippen molar-refractivity contribution in [3.8, 4) is 10.7 Å². The average molecular weight is 852 g/mol. The normalized spacial score (nSPS) is 38.2. The highest BCUT2D eigenvalue weighted by atomic mass is 32.1. The summed E-state index contributed by atoms with van der Waals surface area (Å²) in [5.74, 6) is -3.82. The monoisotopic (exact) mass is 851 g/mol. The Balaban J connectivity index is 1.44. The molecule has 0 aromatic carbocycles. The standard InChI is InChI=1S/C41H66FN7O9S/c1-13-30-41(8)32(49(38(53)58-41)18-15-14-17-48-23-28(44-45-48)35-43-16-19-59-35)27(5)47(11)22-24(2)21-39(6,54-12)34(26(4)33(51)40(7,42)37(52)56-30)57-36-31(50)29(46(9)10)20-25(3)55-36/h16,19,23-27,29-32,34,36,50H,13-15,17-18,20-22H2,1-12H3/t24-,25-,26-,27-,29?,30-,31?,32-,34-,36+,39-,40?,41-/m1/s1. The number of hydrogen-bond donors (Lipinski definition) is 1. The number of ether oxygens (including phenoxy) is 5. The summed E-state index contributed by atoms with van der Waals surface area (Å²) < 4.78 is 49.8. The predicted molar refractivity (Wildman–Crippen MR) is 218 cm³/mol. The lowest BCUT2D eigenvalue weighted by Crippen LogP contribution is -2.61. The van der Waals surface area contributed by atoms with E-state index in [2.05, 4.69) is 27.1 Å². The van der Waals surface area contributed by atoms with Gasteiger partial charge in [0, 0.05) is 56.3 Å². The van der Waals surface area contributed by atoms with E-state index in [1.54, 1.807) is 36.5 Å². The average Bonchev–Trinajstić information content (AvgIpc) is 3.94. The fraction of sp³-hybridized carbons (Fsp3) is 0.805. The van der Waals surface area contributed by atoms with Gasteiger partial charge in [0.2, 0.25) is 0 Å². The Kier molecular flexibility index (Phi) is 15.0. The van der Waals surface area contributed by atoms with Crippen LogP contribution in [0.2, 0.25) is 0 Å². The highest BCUT2D eigenvalue weighted by molar-refractivity contribution is 7.13. The Morgan fingerprint density at radius 3 is 2.42 bits per heavy atom. The molecule has 0 spiro atoms. The summed E-state index contributed by atoms with van der Waals surface area (Å²) in [5, 5.41) is 22.6. The molecule has 3 unspecified atom stereocenters. The second-order valence-corrected chi connectivity index (χ2v) is 18.6. The van der Waals surface area contributed by atoms with Crippen molar-refractivity contribution in [1.82, 2.24) is 34.7 Å². The van der Waals surface area contributed by atoms with E-state index in [9.17, 15) is 19.5 Å².